The van der Waals surface area contributed by atoms with Gasteiger partial charge >= 0.3 is 11.9 Å². The topological polar surface area (TPSA) is 113 Å². The molecule has 1 aromatic heterocycles. The molecule has 1 heterocycles. The number of aromatic amines is 1. The van der Waals surface area contributed by atoms with Crippen LogP contribution in [0.2, 0.25) is 0 Å². The van der Waals surface area contributed by atoms with E-state index in [-0.39, 0.29) is 12.1 Å². The van der Waals surface area contributed by atoms with Crippen LogP contribution in [0.15, 0.2) is 23.0 Å². The molecule has 2 rings (SSSR count). The van der Waals surface area contributed by atoms with Gasteiger partial charge in [-0.1, -0.05) is 20.8 Å². The second-order valence-electron chi connectivity index (χ2n) is 6.43. The third-order valence-electron chi connectivity index (χ3n) is 4.53. The predicted octanol–water partition coefficient (Wildman–Crippen LogP) is 2.79. The Morgan fingerprint density at radius 3 is 2.45 bits per heavy atom. The Balaban J connectivity index is 2.67. The maximum absolute atomic E-state index is 12.5. The highest BCUT2D eigenvalue weighted by Crippen LogP contribution is 2.32. The summed E-state index contributed by atoms with van der Waals surface area (Å²) in [6, 6.07) is 4.91. The molecule has 0 fully saturated rings. The van der Waals surface area contributed by atoms with Crippen molar-refractivity contribution in [3.05, 3.63) is 39.8 Å². The summed E-state index contributed by atoms with van der Waals surface area (Å²) in [7, 11) is 0. The molecule has 156 valence electrons. The molecule has 0 aliphatic rings. The average Bonchev–Trinajstić information content (AvgIpc) is 2.72. The highest BCUT2D eigenvalue weighted by atomic mass is 16.5. The van der Waals surface area contributed by atoms with Gasteiger partial charge in [0.05, 0.1) is 17.9 Å². The summed E-state index contributed by atoms with van der Waals surface area (Å²) < 4.78 is 5.81. The molecular formula is C21H27N3O5. The average molecular weight is 401 g/mol. The molecule has 8 heteroatoms. The van der Waals surface area contributed by atoms with Crippen molar-refractivity contribution in [2.75, 3.05) is 18.1 Å². The smallest absolute Gasteiger partial charge is 0.394 e. The van der Waals surface area contributed by atoms with Gasteiger partial charge in [0.25, 0.3) is 5.56 Å². The van der Waals surface area contributed by atoms with Crippen LogP contribution < -0.4 is 15.2 Å². The number of amides is 1. The number of anilines is 1. The lowest BCUT2D eigenvalue weighted by molar-refractivity contribution is -0.148. The minimum absolute atomic E-state index is 0.179. The zero-order valence-electron chi connectivity index (χ0n) is 17.2. The summed E-state index contributed by atoms with van der Waals surface area (Å²) in [6.45, 7) is 8.14. The molecule has 1 aromatic carbocycles. The van der Waals surface area contributed by atoms with E-state index in [1.54, 1.807) is 25.1 Å². The first-order valence-electron chi connectivity index (χ1n) is 9.81. The number of benzene rings is 1. The first-order chi connectivity index (χ1) is 13.9. The van der Waals surface area contributed by atoms with E-state index in [9.17, 15) is 14.4 Å². The highest BCUT2D eigenvalue weighted by molar-refractivity contribution is 6.37. The maximum atomic E-state index is 12.5. The number of ether oxygens (including phenoxy) is 1. The van der Waals surface area contributed by atoms with Gasteiger partial charge in [0.2, 0.25) is 0 Å². The number of nitrogens with zero attached hydrogens (tertiary/aromatic N) is 2. The van der Waals surface area contributed by atoms with Crippen molar-refractivity contribution in [1.29, 1.82) is 0 Å². The van der Waals surface area contributed by atoms with Gasteiger partial charge in [-0.15, -0.1) is 0 Å². The van der Waals surface area contributed by atoms with Crippen molar-refractivity contribution in [3.63, 3.8) is 0 Å². The number of hydrogen-bond donors (Lipinski definition) is 2. The number of nitrogens with one attached hydrogen (secondary N) is 1. The number of aryl methyl sites for hydroxylation is 1. The van der Waals surface area contributed by atoms with Gasteiger partial charge in [-0.25, -0.2) is 9.78 Å². The SMILES string of the molecule is CCCOc1ccc(N(CC)C(=O)C(=O)O)cc1-c1nc(CC)c(CC)c(=O)[nH]1. The third kappa shape index (κ3) is 4.82. The number of H-pyrrole nitrogens is 1. The largest absolute Gasteiger partial charge is 0.493 e. The van der Waals surface area contributed by atoms with Crippen LogP contribution >= 0.6 is 0 Å². The van der Waals surface area contributed by atoms with Crippen LogP contribution in [0.3, 0.4) is 0 Å². The summed E-state index contributed by atoms with van der Waals surface area (Å²) >= 11 is 0. The summed E-state index contributed by atoms with van der Waals surface area (Å²) in [5, 5.41) is 9.09. The first kappa shape index (κ1) is 22.1. The molecule has 8 nitrogen and oxygen atoms in total. The van der Waals surface area contributed by atoms with Crippen molar-refractivity contribution in [2.45, 2.75) is 47.0 Å². The Bertz CT molecular complexity index is 952. The number of aliphatic carboxylic acids is 1. The third-order valence-corrected chi connectivity index (χ3v) is 4.53. The molecule has 0 aliphatic heterocycles. The number of carboxylic acids is 1. The fourth-order valence-electron chi connectivity index (χ4n) is 3.10. The lowest BCUT2D eigenvalue weighted by Gasteiger charge is -2.21. The van der Waals surface area contributed by atoms with Crippen LogP contribution in [0.5, 0.6) is 5.75 Å². The Morgan fingerprint density at radius 1 is 1.17 bits per heavy atom. The summed E-state index contributed by atoms with van der Waals surface area (Å²) in [6.07, 6.45) is 1.96. The molecule has 0 radical (unpaired) electrons. The van der Waals surface area contributed by atoms with Gasteiger partial charge in [0.15, 0.2) is 0 Å². The molecule has 2 aromatic rings. The van der Waals surface area contributed by atoms with E-state index in [0.717, 1.165) is 11.3 Å². The Hall–Kier alpha value is -3.16. The van der Waals surface area contributed by atoms with Crippen LogP contribution in [0.4, 0.5) is 5.69 Å². The Kier molecular flexibility index (Phi) is 7.52. The minimum Gasteiger partial charge on any atom is -0.493 e. The maximum Gasteiger partial charge on any atom is 0.394 e. The van der Waals surface area contributed by atoms with E-state index in [1.807, 2.05) is 20.8 Å². The minimum atomic E-state index is -1.54. The first-order valence-corrected chi connectivity index (χ1v) is 9.81. The lowest BCUT2D eigenvalue weighted by atomic mass is 10.1. The quantitative estimate of drug-likeness (QED) is 0.658. The molecule has 0 spiro atoms. The molecule has 0 saturated carbocycles. The number of carbonyl (C=O) groups is 2. The molecule has 2 N–H and O–H groups in total. The summed E-state index contributed by atoms with van der Waals surface area (Å²) in [5.41, 5.74) is 2.02. The molecule has 0 unspecified atom stereocenters. The fourth-order valence-corrected chi connectivity index (χ4v) is 3.10. The fraction of sp³-hybridized carbons (Fsp3) is 0.429. The van der Waals surface area contributed by atoms with Crippen LogP contribution in [0.25, 0.3) is 11.4 Å². The van der Waals surface area contributed by atoms with Crippen LogP contribution in [0.1, 0.15) is 45.4 Å². The zero-order valence-corrected chi connectivity index (χ0v) is 17.2. The van der Waals surface area contributed by atoms with Gasteiger partial charge in [0.1, 0.15) is 11.6 Å². The Morgan fingerprint density at radius 2 is 1.90 bits per heavy atom. The number of rotatable bonds is 8. The molecular weight excluding hydrogens is 374 g/mol. The van der Waals surface area contributed by atoms with E-state index in [2.05, 4.69) is 9.97 Å². The number of carbonyl (C=O) groups excluding carboxylic acids is 1. The second kappa shape index (κ2) is 9.86. The van der Waals surface area contributed by atoms with Gasteiger partial charge in [-0.05, 0) is 44.4 Å². The molecule has 0 aliphatic carbocycles. The molecule has 0 bridgehead atoms. The number of likely N-dealkylation sites (N-methyl/N-ethyl adjacent to an activating group) is 1. The van der Waals surface area contributed by atoms with Crippen molar-refractivity contribution in [3.8, 4) is 17.1 Å². The van der Waals surface area contributed by atoms with Gasteiger partial charge in [0, 0.05) is 17.8 Å². The summed E-state index contributed by atoms with van der Waals surface area (Å²) in [4.78, 5) is 44.3. The van der Waals surface area contributed by atoms with Gasteiger partial charge < -0.3 is 19.7 Å². The standard InChI is InChI=1S/C21H27N3O5/c1-5-11-29-17-10-9-13(24(8-4)20(26)21(27)28)12-15(17)18-22-16(7-3)14(6-2)19(25)23-18/h9-10,12H,5-8,11H2,1-4H3,(H,27,28)(H,22,23,25). The molecule has 0 atom stereocenters. The van der Waals surface area contributed by atoms with Crippen LogP contribution in [0, 0.1) is 0 Å². The monoisotopic (exact) mass is 401 g/mol. The van der Waals surface area contributed by atoms with E-state index in [0.29, 0.717) is 53.5 Å². The van der Waals surface area contributed by atoms with Gasteiger partial charge in [-0.3, -0.25) is 9.59 Å². The van der Waals surface area contributed by atoms with Crippen molar-refractivity contribution in [2.24, 2.45) is 0 Å². The van der Waals surface area contributed by atoms with Crippen molar-refractivity contribution < 1.29 is 19.4 Å². The van der Waals surface area contributed by atoms with E-state index in [1.165, 1.54) is 0 Å². The van der Waals surface area contributed by atoms with Crippen LogP contribution in [-0.2, 0) is 22.4 Å². The lowest BCUT2D eigenvalue weighted by Crippen LogP contribution is -2.36. The second-order valence-corrected chi connectivity index (χ2v) is 6.43. The van der Waals surface area contributed by atoms with Crippen LogP contribution in [-0.4, -0.2) is 40.1 Å². The number of aromatic nitrogens is 2. The Labute approximate surface area is 169 Å². The molecule has 0 saturated heterocycles. The van der Waals surface area contributed by atoms with Gasteiger partial charge in [-0.2, -0.15) is 0 Å². The summed E-state index contributed by atoms with van der Waals surface area (Å²) in [5.74, 6) is -1.73. The number of carboxylic acid groups (broad SMARTS) is 1. The van der Waals surface area contributed by atoms with E-state index in [4.69, 9.17) is 9.84 Å². The predicted molar refractivity (Wildman–Crippen MR) is 110 cm³/mol. The normalized spacial score (nSPS) is 10.6. The van der Waals surface area contributed by atoms with Crippen molar-refractivity contribution in [1.82, 2.24) is 9.97 Å². The van der Waals surface area contributed by atoms with E-state index < -0.39 is 11.9 Å². The van der Waals surface area contributed by atoms with Crippen molar-refractivity contribution >= 4 is 17.6 Å². The number of hydrogen-bond acceptors (Lipinski definition) is 5. The molecule has 1 amide bonds. The van der Waals surface area contributed by atoms with E-state index >= 15 is 0 Å². The highest BCUT2D eigenvalue weighted by Gasteiger charge is 2.23. The molecule has 29 heavy (non-hydrogen) atoms. The zero-order chi connectivity index (χ0) is 21.6.